The van der Waals surface area contributed by atoms with Crippen molar-refractivity contribution in [2.24, 2.45) is 5.92 Å². The maximum Gasteiger partial charge on any atom is 0.317 e. The van der Waals surface area contributed by atoms with Gasteiger partial charge in [-0.25, -0.2) is 4.79 Å². The van der Waals surface area contributed by atoms with Crippen LogP contribution in [0.3, 0.4) is 0 Å². The number of carbonyl (C=O) groups excluding carboxylic acids is 3. The number of halogens is 1. The molecule has 1 aliphatic heterocycles. The minimum absolute atomic E-state index is 0.0360. The van der Waals surface area contributed by atoms with E-state index < -0.39 is 11.4 Å². The zero-order valence-corrected chi connectivity index (χ0v) is 21.4. The average molecular weight is 491 g/mol. The van der Waals surface area contributed by atoms with Crippen LogP contribution in [0.2, 0.25) is 0 Å². The summed E-state index contributed by atoms with van der Waals surface area (Å²) in [7, 11) is 0. The van der Waals surface area contributed by atoms with Crippen molar-refractivity contribution in [2.45, 2.75) is 82.8 Å². The number of nitrogens with zero attached hydrogens (tertiary/aromatic N) is 2. The molecule has 0 bridgehead atoms. The smallest absolute Gasteiger partial charge is 0.317 e. The Morgan fingerprint density at radius 1 is 1.09 bits per heavy atom. The lowest BCUT2D eigenvalue weighted by Crippen LogP contribution is -2.62. The summed E-state index contributed by atoms with van der Waals surface area (Å²) < 4.78 is 0. The summed E-state index contributed by atoms with van der Waals surface area (Å²) in [6.45, 7) is 7.32. The molecular weight excluding hydrogens is 452 g/mol. The van der Waals surface area contributed by atoms with E-state index in [-0.39, 0.29) is 35.8 Å². The van der Waals surface area contributed by atoms with E-state index in [1.54, 1.807) is 17.0 Å². The molecule has 2 fully saturated rings. The molecule has 3 rings (SSSR count). The molecule has 4 atom stereocenters. The minimum atomic E-state index is -0.861. The number of piperazine rings is 1. The standard InChI is InChI=1S/C26H39ClN4O3/c1-4-18(2)23(29-24(32)22(27)20-11-7-5-8-12-20)25(33)30-15-16-31(19(3)17-30)26(34)28-21-13-9-6-10-14-21/h5,7-8,11-12,18-19,21-23H,4,6,9-10,13-17H2,1-3H3,(H,28,34)(H,29,32). The van der Waals surface area contributed by atoms with Crippen molar-refractivity contribution in [1.29, 1.82) is 0 Å². The van der Waals surface area contributed by atoms with E-state index in [2.05, 4.69) is 10.6 Å². The number of nitrogens with one attached hydrogen (secondary N) is 2. The van der Waals surface area contributed by atoms with Crippen molar-refractivity contribution in [3.8, 4) is 0 Å². The van der Waals surface area contributed by atoms with Gasteiger partial charge in [0.15, 0.2) is 0 Å². The van der Waals surface area contributed by atoms with Crippen molar-refractivity contribution in [1.82, 2.24) is 20.4 Å². The Labute approximate surface area is 208 Å². The lowest BCUT2D eigenvalue weighted by atomic mass is 9.95. The third-order valence-corrected chi connectivity index (χ3v) is 7.68. The van der Waals surface area contributed by atoms with Gasteiger partial charge in [0.05, 0.1) is 0 Å². The Balaban J connectivity index is 1.60. The van der Waals surface area contributed by atoms with E-state index in [1.807, 2.05) is 43.9 Å². The van der Waals surface area contributed by atoms with E-state index in [1.165, 1.54) is 19.3 Å². The van der Waals surface area contributed by atoms with Gasteiger partial charge in [-0.15, -0.1) is 11.6 Å². The lowest BCUT2D eigenvalue weighted by Gasteiger charge is -2.42. The first kappa shape index (κ1) is 26.3. The Kier molecular flexibility index (Phi) is 9.63. The van der Waals surface area contributed by atoms with E-state index in [4.69, 9.17) is 11.6 Å². The highest BCUT2D eigenvalue weighted by Gasteiger charge is 2.36. The van der Waals surface area contributed by atoms with Crippen molar-refractivity contribution < 1.29 is 14.4 Å². The van der Waals surface area contributed by atoms with Gasteiger partial charge in [-0.2, -0.15) is 0 Å². The molecule has 34 heavy (non-hydrogen) atoms. The molecule has 1 aromatic rings. The summed E-state index contributed by atoms with van der Waals surface area (Å²) in [4.78, 5) is 42.8. The molecule has 1 heterocycles. The molecular formula is C26H39ClN4O3. The monoisotopic (exact) mass is 490 g/mol. The van der Waals surface area contributed by atoms with Gasteiger partial charge in [-0.05, 0) is 31.2 Å². The van der Waals surface area contributed by atoms with Crippen LogP contribution in [-0.4, -0.2) is 65.4 Å². The highest BCUT2D eigenvalue weighted by molar-refractivity contribution is 6.30. The SMILES string of the molecule is CCC(C)C(NC(=O)C(Cl)c1ccccc1)C(=O)N1CCN(C(=O)NC2CCCCC2)C(C)C1. The Hall–Kier alpha value is -2.28. The first-order valence-electron chi connectivity index (χ1n) is 12.7. The maximum absolute atomic E-state index is 13.5. The number of hydrogen-bond donors (Lipinski definition) is 2. The van der Waals surface area contributed by atoms with Crippen LogP contribution in [0.15, 0.2) is 30.3 Å². The van der Waals surface area contributed by atoms with E-state index >= 15 is 0 Å². The zero-order chi connectivity index (χ0) is 24.7. The third kappa shape index (κ3) is 6.65. The summed E-state index contributed by atoms with van der Waals surface area (Å²) in [6.07, 6.45) is 6.40. The first-order valence-corrected chi connectivity index (χ1v) is 13.1. The quantitative estimate of drug-likeness (QED) is 0.565. The molecule has 0 radical (unpaired) electrons. The third-order valence-electron chi connectivity index (χ3n) is 7.23. The highest BCUT2D eigenvalue weighted by Crippen LogP contribution is 2.23. The van der Waals surface area contributed by atoms with Gasteiger partial charge in [0.1, 0.15) is 11.4 Å². The largest absolute Gasteiger partial charge is 0.342 e. The van der Waals surface area contributed by atoms with Crippen molar-refractivity contribution >= 4 is 29.4 Å². The maximum atomic E-state index is 13.5. The molecule has 4 unspecified atom stereocenters. The van der Waals surface area contributed by atoms with Crippen LogP contribution in [0.1, 0.15) is 70.2 Å². The summed E-state index contributed by atoms with van der Waals surface area (Å²) in [6, 6.07) is 8.61. The molecule has 0 aromatic heterocycles. The molecule has 0 spiro atoms. The number of alkyl halides is 1. The Morgan fingerprint density at radius 3 is 2.38 bits per heavy atom. The molecule has 1 saturated carbocycles. The molecule has 2 N–H and O–H groups in total. The van der Waals surface area contributed by atoms with Gasteiger partial charge >= 0.3 is 6.03 Å². The van der Waals surface area contributed by atoms with Crippen LogP contribution in [-0.2, 0) is 9.59 Å². The molecule has 1 aliphatic carbocycles. The van der Waals surface area contributed by atoms with Crippen molar-refractivity contribution in [3.05, 3.63) is 35.9 Å². The van der Waals surface area contributed by atoms with Gasteiger partial charge in [-0.1, -0.05) is 69.9 Å². The molecule has 1 saturated heterocycles. The molecule has 1 aromatic carbocycles. The second-order valence-electron chi connectivity index (χ2n) is 9.76. The van der Waals surface area contributed by atoms with E-state index in [9.17, 15) is 14.4 Å². The van der Waals surface area contributed by atoms with Crippen molar-refractivity contribution in [3.63, 3.8) is 0 Å². The minimum Gasteiger partial charge on any atom is -0.342 e. The number of amides is 4. The number of carbonyl (C=O) groups is 3. The molecule has 8 heteroatoms. The molecule has 188 valence electrons. The normalized spacial score (nSPS) is 21.9. The number of hydrogen-bond acceptors (Lipinski definition) is 3. The van der Waals surface area contributed by atoms with Crippen LogP contribution >= 0.6 is 11.6 Å². The van der Waals surface area contributed by atoms with Crippen LogP contribution < -0.4 is 10.6 Å². The van der Waals surface area contributed by atoms with Crippen LogP contribution in [0.25, 0.3) is 0 Å². The topological polar surface area (TPSA) is 81.8 Å². The predicted octanol–water partition coefficient (Wildman–Crippen LogP) is 4.07. The number of rotatable bonds is 7. The average Bonchev–Trinajstić information content (AvgIpc) is 2.86. The molecule has 2 aliphatic rings. The predicted molar refractivity (Wildman–Crippen MR) is 135 cm³/mol. The van der Waals surface area contributed by atoms with E-state index in [0.29, 0.717) is 25.2 Å². The summed E-state index contributed by atoms with van der Waals surface area (Å²) in [5, 5.41) is 5.23. The summed E-state index contributed by atoms with van der Waals surface area (Å²) >= 11 is 6.41. The number of benzene rings is 1. The fourth-order valence-corrected chi connectivity index (χ4v) is 5.05. The van der Waals surface area contributed by atoms with E-state index in [0.717, 1.165) is 19.3 Å². The van der Waals surface area contributed by atoms with Gasteiger partial charge in [0, 0.05) is 31.7 Å². The Morgan fingerprint density at radius 2 is 1.76 bits per heavy atom. The van der Waals surface area contributed by atoms with Crippen LogP contribution in [0.4, 0.5) is 4.79 Å². The first-order chi connectivity index (χ1) is 16.3. The van der Waals surface area contributed by atoms with Gasteiger partial charge in [-0.3, -0.25) is 9.59 Å². The van der Waals surface area contributed by atoms with Gasteiger partial charge < -0.3 is 20.4 Å². The molecule has 7 nitrogen and oxygen atoms in total. The van der Waals surface area contributed by atoms with Crippen LogP contribution in [0, 0.1) is 5.92 Å². The lowest BCUT2D eigenvalue weighted by molar-refractivity contribution is -0.139. The van der Waals surface area contributed by atoms with Gasteiger partial charge in [0.25, 0.3) is 0 Å². The fourth-order valence-electron chi connectivity index (χ4n) is 4.84. The highest BCUT2D eigenvalue weighted by atomic mass is 35.5. The van der Waals surface area contributed by atoms with Crippen LogP contribution in [0.5, 0.6) is 0 Å². The van der Waals surface area contributed by atoms with Gasteiger partial charge in [0.2, 0.25) is 11.8 Å². The van der Waals surface area contributed by atoms with Crippen molar-refractivity contribution in [2.75, 3.05) is 19.6 Å². The Bertz CT molecular complexity index is 831. The second-order valence-corrected chi connectivity index (χ2v) is 10.2. The summed E-state index contributed by atoms with van der Waals surface area (Å²) in [5.41, 5.74) is 0.697. The molecule has 4 amide bonds. The second kappa shape index (κ2) is 12.4. The fraction of sp³-hybridized carbons (Fsp3) is 0.654. The number of urea groups is 1. The summed E-state index contributed by atoms with van der Waals surface area (Å²) in [5.74, 6) is -0.525. The zero-order valence-electron chi connectivity index (χ0n) is 20.6.